The molecule has 0 unspecified atom stereocenters. The summed E-state index contributed by atoms with van der Waals surface area (Å²) in [6.07, 6.45) is 0. The van der Waals surface area contributed by atoms with E-state index >= 15 is 0 Å². The molecule has 2 N–H and O–H groups in total. The minimum atomic E-state index is 0.376. The van der Waals surface area contributed by atoms with Crippen LogP contribution in [0.25, 0.3) is 0 Å². The van der Waals surface area contributed by atoms with Crippen LogP contribution in [0.15, 0.2) is 12.1 Å². The fourth-order valence-electron chi connectivity index (χ4n) is 1.20. The minimum absolute atomic E-state index is 0.376. The topological polar surface area (TPSA) is 44.5 Å². The lowest BCUT2D eigenvalue weighted by molar-refractivity contribution is 0.102. The molecule has 14 heavy (non-hydrogen) atoms. The lowest BCUT2D eigenvalue weighted by Crippen LogP contribution is -2.10. The highest BCUT2D eigenvalue weighted by atomic mass is 35.5. The van der Waals surface area contributed by atoms with Gasteiger partial charge in [0.05, 0.1) is 0 Å². The second-order valence-corrected chi connectivity index (χ2v) is 3.47. The Morgan fingerprint density at radius 1 is 1.21 bits per heavy atom. The Balaban J connectivity index is 2.69. The molecule has 0 spiro atoms. The molecule has 0 heterocycles. The second kappa shape index (κ2) is 5.20. The molecule has 0 saturated heterocycles. The molecular formula is C10H14ClNO2. The van der Waals surface area contributed by atoms with Crippen LogP contribution in [0.3, 0.4) is 0 Å². The summed E-state index contributed by atoms with van der Waals surface area (Å²) in [5, 5.41) is 0.785. The molecule has 0 bridgehead atoms. The molecule has 0 atom stereocenters. The van der Waals surface area contributed by atoms with E-state index < -0.39 is 0 Å². The third kappa shape index (κ3) is 2.87. The second-order valence-electron chi connectivity index (χ2n) is 3.09. The highest BCUT2D eigenvalue weighted by molar-refractivity contribution is 6.32. The number of benzene rings is 1. The summed E-state index contributed by atoms with van der Waals surface area (Å²) in [7, 11) is 0. The van der Waals surface area contributed by atoms with E-state index in [2.05, 4.69) is 4.84 Å². The van der Waals surface area contributed by atoms with Gasteiger partial charge in [0, 0.05) is 5.02 Å². The summed E-state index contributed by atoms with van der Waals surface area (Å²) < 4.78 is 5.40. The van der Waals surface area contributed by atoms with E-state index in [0.717, 1.165) is 21.9 Å². The highest BCUT2D eigenvalue weighted by Crippen LogP contribution is 2.25. The minimum Gasteiger partial charge on any atom is -0.491 e. The molecular weight excluding hydrogens is 202 g/mol. The van der Waals surface area contributed by atoms with Crippen molar-refractivity contribution in [2.45, 2.75) is 13.8 Å². The van der Waals surface area contributed by atoms with Crippen molar-refractivity contribution in [3.8, 4) is 5.75 Å². The predicted molar refractivity (Wildman–Crippen MR) is 56.6 cm³/mol. The summed E-state index contributed by atoms with van der Waals surface area (Å²) >= 11 is 6.01. The Morgan fingerprint density at radius 2 is 1.79 bits per heavy atom. The van der Waals surface area contributed by atoms with Crippen LogP contribution in [0.1, 0.15) is 11.1 Å². The van der Waals surface area contributed by atoms with Crippen molar-refractivity contribution >= 4 is 11.6 Å². The number of nitrogens with two attached hydrogens (primary N) is 1. The van der Waals surface area contributed by atoms with Crippen molar-refractivity contribution in [1.29, 1.82) is 0 Å². The maximum Gasteiger partial charge on any atom is 0.120 e. The Hall–Kier alpha value is -0.770. The maximum absolute atomic E-state index is 6.01. The van der Waals surface area contributed by atoms with Gasteiger partial charge >= 0.3 is 0 Å². The number of rotatable bonds is 4. The van der Waals surface area contributed by atoms with Crippen LogP contribution in [0.4, 0.5) is 0 Å². The van der Waals surface area contributed by atoms with Crippen molar-refractivity contribution < 1.29 is 9.57 Å². The fraction of sp³-hybridized carbons (Fsp3) is 0.400. The van der Waals surface area contributed by atoms with Gasteiger partial charge in [-0.3, -0.25) is 0 Å². The first-order chi connectivity index (χ1) is 6.65. The number of ether oxygens (including phenoxy) is 1. The van der Waals surface area contributed by atoms with Crippen LogP contribution in [-0.4, -0.2) is 13.2 Å². The third-order valence-electron chi connectivity index (χ3n) is 1.88. The Bertz CT molecular complexity index is 292. The summed E-state index contributed by atoms with van der Waals surface area (Å²) in [5.41, 5.74) is 2.02. The van der Waals surface area contributed by atoms with E-state index in [1.807, 2.05) is 26.0 Å². The molecule has 0 amide bonds. The normalized spacial score (nSPS) is 10.3. The molecule has 0 saturated carbocycles. The summed E-state index contributed by atoms with van der Waals surface area (Å²) in [6, 6.07) is 3.79. The number of halogens is 1. The smallest absolute Gasteiger partial charge is 0.120 e. The Kier molecular flexibility index (Phi) is 4.20. The van der Waals surface area contributed by atoms with Gasteiger partial charge in [-0.2, -0.15) is 0 Å². The Morgan fingerprint density at radius 3 is 2.29 bits per heavy atom. The molecule has 1 aromatic carbocycles. The van der Waals surface area contributed by atoms with Crippen molar-refractivity contribution in [3.05, 3.63) is 28.3 Å². The van der Waals surface area contributed by atoms with Crippen LogP contribution in [0.5, 0.6) is 5.75 Å². The summed E-state index contributed by atoms with van der Waals surface area (Å²) in [5.74, 6) is 5.67. The zero-order valence-electron chi connectivity index (χ0n) is 8.34. The Labute approximate surface area is 88.7 Å². The van der Waals surface area contributed by atoms with Gasteiger partial charge < -0.3 is 9.57 Å². The van der Waals surface area contributed by atoms with E-state index in [4.69, 9.17) is 22.2 Å². The van der Waals surface area contributed by atoms with Gasteiger partial charge in [-0.25, -0.2) is 5.90 Å². The van der Waals surface area contributed by atoms with Gasteiger partial charge in [0.2, 0.25) is 0 Å². The molecule has 0 aliphatic carbocycles. The highest BCUT2D eigenvalue weighted by Gasteiger charge is 2.02. The average Bonchev–Trinajstić information content (AvgIpc) is 2.14. The lowest BCUT2D eigenvalue weighted by Gasteiger charge is -2.09. The molecule has 1 aromatic rings. The SMILES string of the molecule is Cc1cc(OCCON)cc(C)c1Cl. The van der Waals surface area contributed by atoms with Crippen LogP contribution in [0.2, 0.25) is 5.02 Å². The van der Waals surface area contributed by atoms with Gasteiger partial charge in [0.15, 0.2) is 0 Å². The van der Waals surface area contributed by atoms with Crippen LogP contribution < -0.4 is 10.6 Å². The van der Waals surface area contributed by atoms with E-state index in [1.54, 1.807) is 0 Å². The van der Waals surface area contributed by atoms with Crippen LogP contribution in [0, 0.1) is 13.8 Å². The number of aryl methyl sites for hydroxylation is 2. The largest absolute Gasteiger partial charge is 0.491 e. The summed E-state index contributed by atoms with van der Waals surface area (Å²) in [4.78, 5) is 4.40. The van der Waals surface area contributed by atoms with E-state index in [0.29, 0.717) is 13.2 Å². The summed E-state index contributed by atoms with van der Waals surface area (Å²) in [6.45, 7) is 4.71. The van der Waals surface area contributed by atoms with Gasteiger partial charge in [-0.05, 0) is 37.1 Å². The van der Waals surface area contributed by atoms with Gasteiger partial charge in [0.25, 0.3) is 0 Å². The first-order valence-corrected chi connectivity index (χ1v) is 4.74. The molecule has 0 radical (unpaired) electrons. The van der Waals surface area contributed by atoms with Gasteiger partial charge in [-0.1, -0.05) is 11.6 Å². The lowest BCUT2D eigenvalue weighted by atomic mass is 10.1. The van der Waals surface area contributed by atoms with E-state index in [-0.39, 0.29) is 0 Å². The van der Waals surface area contributed by atoms with E-state index in [9.17, 15) is 0 Å². The first kappa shape index (κ1) is 11.3. The monoisotopic (exact) mass is 215 g/mol. The third-order valence-corrected chi connectivity index (χ3v) is 2.48. The molecule has 78 valence electrons. The molecule has 0 aromatic heterocycles. The number of hydrogen-bond acceptors (Lipinski definition) is 3. The molecule has 3 nitrogen and oxygen atoms in total. The fourth-order valence-corrected chi connectivity index (χ4v) is 1.31. The molecule has 0 aliphatic heterocycles. The standard InChI is InChI=1S/C10H14ClNO2/c1-7-5-9(13-3-4-14-12)6-8(2)10(7)11/h5-6H,3-4,12H2,1-2H3. The van der Waals surface area contributed by atoms with Crippen molar-refractivity contribution in [3.63, 3.8) is 0 Å². The van der Waals surface area contributed by atoms with Crippen molar-refractivity contribution in [1.82, 2.24) is 0 Å². The zero-order chi connectivity index (χ0) is 10.6. The molecule has 1 rings (SSSR count). The number of hydrogen-bond donors (Lipinski definition) is 1. The van der Waals surface area contributed by atoms with Crippen molar-refractivity contribution in [2.75, 3.05) is 13.2 Å². The zero-order valence-corrected chi connectivity index (χ0v) is 9.10. The quantitative estimate of drug-likeness (QED) is 0.619. The van der Waals surface area contributed by atoms with Crippen LogP contribution >= 0.6 is 11.6 Å². The van der Waals surface area contributed by atoms with Crippen LogP contribution in [-0.2, 0) is 4.84 Å². The molecule has 0 aliphatic rings. The van der Waals surface area contributed by atoms with Crippen molar-refractivity contribution in [2.24, 2.45) is 5.90 Å². The average molecular weight is 216 g/mol. The first-order valence-electron chi connectivity index (χ1n) is 4.36. The molecule has 4 heteroatoms. The maximum atomic E-state index is 6.01. The van der Waals surface area contributed by atoms with Gasteiger partial charge in [-0.15, -0.1) is 0 Å². The molecule has 0 fully saturated rings. The van der Waals surface area contributed by atoms with E-state index in [1.165, 1.54) is 0 Å². The predicted octanol–water partition coefficient (Wildman–Crippen LogP) is 2.23. The van der Waals surface area contributed by atoms with Gasteiger partial charge in [0.1, 0.15) is 19.0 Å².